The van der Waals surface area contributed by atoms with Gasteiger partial charge in [-0.15, -0.1) is 0 Å². The van der Waals surface area contributed by atoms with Gasteiger partial charge in [-0.25, -0.2) is 18.1 Å². The number of hydrogen-bond donors (Lipinski definition) is 2. The third-order valence-electron chi connectivity index (χ3n) is 2.80. The van der Waals surface area contributed by atoms with Crippen LogP contribution in [0.4, 0.5) is 0 Å². The zero-order valence-electron chi connectivity index (χ0n) is 11.3. The second-order valence-corrected chi connectivity index (χ2v) is 6.31. The number of sulfonamides is 1. The van der Waals surface area contributed by atoms with E-state index in [0.717, 1.165) is 5.56 Å². The van der Waals surface area contributed by atoms with Gasteiger partial charge in [0.05, 0.1) is 17.6 Å². The lowest BCUT2D eigenvalue weighted by molar-refractivity contribution is 0.463. The van der Waals surface area contributed by atoms with Gasteiger partial charge in [0.15, 0.2) is 0 Å². The minimum atomic E-state index is -3.58. The van der Waals surface area contributed by atoms with Gasteiger partial charge in [-0.3, -0.25) is 0 Å². The first-order chi connectivity index (χ1) is 9.38. The quantitative estimate of drug-likeness (QED) is 0.870. The number of aromatic nitrogens is 1. The predicted molar refractivity (Wildman–Crippen MR) is 74.3 cm³/mol. The number of nitrogens with one attached hydrogen (secondary N) is 1. The molecule has 2 aromatic rings. The van der Waals surface area contributed by atoms with Crippen molar-refractivity contribution in [3.63, 3.8) is 0 Å². The van der Waals surface area contributed by atoms with E-state index in [-0.39, 0.29) is 17.5 Å². The van der Waals surface area contributed by atoms with Gasteiger partial charge in [-0.1, -0.05) is 12.1 Å². The largest absolute Gasteiger partial charge is 0.445 e. The van der Waals surface area contributed by atoms with Gasteiger partial charge in [0.25, 0.3) is 0 Å². The summed E-state index contributed by atoms with van der Waals surface area (Å²) >= 11 is 0. The highest BCUT2D eigenvalue weighted by atomic mass is 32.2. The van der Waals surface area contributed by atoms with Crippen molar-refractivity contribution >= 4 is 10.0 Å². The van der Waals surface area contributed by atoms with Crippen LogP contribution in [0.25, 0.3) is 0 Å². The zero-order chi connectivity index (χ0) is 14.8. The summed E-state index contributed by atoms with van der Waals surface area (Å²) < 4.78 is 31.8. The minimum Gasteiger partial charge on any atom is -0.445 e. The van der Waals surface area contributed by atoms with Crippen LogP contribution in [-0.2, 0) is 16.6 Å². The van der Waals surface area contributed by atoms with E-state index >= 15 is 0 Å². The van der Waals surface area contributed by atoms with Gasteiger partial charge in [0.2, 0.25) is 15.9 Å². The van der Waals surface area contributed by atoms with Crippen molar-refractivity contribution in [1.29, 1.82) is 0 Å². The maximum atomic E-state index is 12.1. The van der Waals surface area contributed by atoms with E-state index in [9.17, 15) is 8.42 Å². The van der Waals surface area contributed by atoms with Crippen molar-refractivity contribution < 1.29 is 12.8 Å². The summed E-state index contributed by atoms with van der Waals surface area (Å²) in [5.74, 6) is 0.971. The van der Waals surface area contributed by atoms with E-state index in [2.05, 4.69) is 9.71 Å². The summed E-state index contributed by atoms with van der Waals surface area (Å²) in [5.41, 5.74) is 6.61. The van der Waals surface area contributed by atoms with Gasteiger partial charge >= 0.3 is 0 Å². The highest BCUT2D eigenvalue weighted by Gasteiger charge is 2.15. The zero-order valence-corrected chi connectivity index (χ0v) is 12.1. The molecule has 108 valence electrons. The molecule has 0 saturated heterocycles. The third-order valence-corrected chi connectivity index (χ3v) is 4.22. The number of nitrogens with zero attached hydrogens (tertiary/aromatic N) is 1. The van der Waals surface area contributed by atoms with Crippen LogP contribution in [0.2, 0.25) is 0 Å². The molecule has 1 unspecified atom stereocenters. The lowest BCUT2D eigenvalue weighted by Gasteiger charge is -2.08. The molecule has 1 aromatic heterocycles. The Morgan fingerprint density at radius 3 is 2.50 bits per heavy atom. The lowest BCUT2D eigenvalue weighted by atomic mass is 10.1. The van der Waals surface area contributed by atoms with E-state index in [1.54, 1.807) is 25.3 Å². The molecule has 1 aromatic carbocycles. The Morgan fingerprint density at radius 2 is 2.00 bits per heavy atom. The molecule has 6 nitrogen and oxygen atoms in total. The average molecular weight is 295 g/mol. The van der Waals surface area contributed by atoms with Gasteiger partial charge in [0.1, 0.15) is 5.76 Å². The fourth-order valence-electron chi connectivity index (χ4n) is 1.67. The van der Waals surface area contributed by atoms with E-state index < -0.39 is 10.0 Å². The second kappa shape index (κ2) is 5.74. The second-order valence-electron chi connectivity index (χ2n) is 4.55. The molecule has 2 rings (SSSR count). The highest BCUT2D eigenvalue weighted by Crippen LogP contribution is 2.15. The molecule has 0 radical (unpaired) electrons. The fraction of sp³-hybridized carbons (Fsp3) is 0.308. The minimum absolute atomic E-state index is 0.0191. The number of benzene rings is 1. The summed E-state index contributed by atoms with van der Waals surface area (Å²) in [5, 5.41) is 0. The van der Waals surface area contributed by atoms with Crippen LogP contribution in [0.1, 0.15) is 30.2 Å². The Kier molecular flexibility index (Phi) is 4.22. The molecule has 20 heavy (non-hydrogen) atoms. The van der Waals surface area contributed by atoms with Gasteiger partial charge in [-0.05, 0) is 31.5 Å². The van der Waals surface area contributed by atoms with Crippen LogP contribution in [-0.4, -0.2) is 13.4 Å². The monoisotopic (exact) mass is 295 g/mol. The SMILES string of the molecule is Cc1cnc(CNS(=O)(=O)c2ccc(C(C)N)cc2)o1. The number of aryl methyl sites for hydroxylation is 1. The van der Waals surface area contributed by atoms with Crippen LogP contribution < -0.4 is 10.5 Å². The number of oxazole rings is 1. The Labute approximate surface area is 118 Å². The molecule has 0 aliphatic heterocycles. The molecular formula is C13H17N3O3S. The molecular weight excluding hydrogens is 278 g/mol. The molecule has 0 aliphatic carbocycles. The molecule has 0 spiro atoms. The molecule has 1 atom stereocenters. The molecule has 3 N–H and O–H groups in total. The normalized spacial score (nSPS) is 13.3. The van der Waals surface area contributed by atoms with Gasteiger partial charge in [0, 0.05) is 6.04 Å². The molecule has 1 heterocycles. The smallest absolute Gasteiger partial charge is 0.241 e. The molecule has 0 fully saturated rings. The summed E-state index contributed by atoms with van der Waals surface area (Å²) in [6.45, 7) is 3.61. The van der Waals surface area contributed by atoms with Crippen LogP contribution in [0.3, 0.4) is 0 Å². The van der Waals surface area contributed by atoms with Crippen LogP contribution >= 0.6 is 0 Å². The summed E-state index contributed by atoms with van der Waals surface area (Å²) in [7, 11) is -3.58. The topological polar surface area (TPSA) is 98.2 Å². The lowest BCUT2D eigenvalue weighted by Crippen LogP contribution is -2.23. The third kappa shape index (κ3) is 3.44. The van der Waals surface area contributed by atoms with Crippen molar-refractivity contribution in [3.8, 4) is 0 Å². The van der Waals surface area contributed by atoms with E-state index in [1.807, 2.05) is 6.92 Å². The van der Waals surface area contributed by atoms with Crippen LogP contribution in [0.5, 0.6) is 0 Å². The van der Waals surface area contributed by atoms with Crippen molar-refractivity contribution in [2.24, 2.45) is 5.73 Å². The number of rotatable bonds is 5. The summed E-state index contributed by atoms with van der Waals surface area (Å²) in [4.78, 5) is 4.13. The Morgan fingerprint density at radius 1 is 1.35 bits per heavy atom. The molecule has 0 aliphatic rings. The number of nitrogens with two attached hydrogens (primary N) is 1. The number of hydrogen-bond acceptors (Lipinski definition) is 5. The van der Waals surface area contributed by atoms with E-state index in [0.29, 0.717) is 11.7 Å². The van der Waals surface area contributed by atoms with Gasteiger partial charge < -0.3 is 10.2 Å². The first kappa shape index (κ1) is 14.7. The summed E-state index contributed by atoms with van der Waals surface area (Å²) in [6.07, 6.45) is 1.54. The molecule has 0 bridgehead atoms. The summed E-state index contributed by atoms with van der Waals surface area (Å²) in [6, 6.07) is 6.34. The molecule has 0 saturated carbocycles. The Bertz CT molecular complexity index is 675. The highest BCUT2D eigenvalue weighted by molar-refractivity contribution is 7.89. The average Bonchev–Trinajstić information content (AvgIpc) is 2.82. The molecule has 7 heteroatoms. The predicted octanol–water partition coefficient (Wildman–Crippen LogP) is 1.48. The van der Waals surface area contributed by atoms with Gasteiger partial charge in [-0.2, -0.15) is 0 Å². The standard InChI is InChI=1S/C13H17N3O3S/c1-9-7-15-13(19-9)8-16-20(17,18)12-5-3-11(4-6-12)10(2)14/h3-7,10,16H,8,14H2,1-2H3. The van der Waals surface area contributed by atoms with Crippen molar-refractivity contribution in [3.05, 3.63) is 47.7 Å². The van der Waals surface area contributed by atoms with Crippen molar-refractivity contribution in [2.75, 3.05) is 0 Å². The van der Waals surface area contributed by atoms with Crippen molar-refractivity contribution in [1.82, 2.24) is 9.71 Å². The Balaban J connectivity index is 2.09. The first-order valence-electron chi connectivity index (χ1n) is 6.15. The van der Waals surface area contributed by atoms with Crippen molar-refractivity contribution in [2.45, 2.75) is 31.3 Å². The maximum Gasteiger partial charge on any atom is 0.241 e. The van der Waals surface area contributed by atoms with E-state index in [4.69, 9.17) is 10.2 Å². The van der Waals surface area contributed by atoms with E-state index in [1.165, 1.54) is 12.1 Å². The van der Waals surface area contributed by atoms with Crippen LogP contribution in [0, 0.1) is 6.92 Å². The Hall–Kier alpha value is -1.70. The maximum absolute atomic E-state index is 12.1. The van der Waals surface area contributed by atoms with Crippen LogP contribution in [0.15, 0.2) is 39.8 Å². The fourth-order valence-corrected chi connectivity index (χ4v) is 2.65. The first-order valence-corrected chi connectivity index (χ1v) is 7.63. The molecule has 0 amide bonds.